The van der Waals surface area contributed by atoms with E-state index in [2.05, 4.69) is 10.6 Å². The molecule has 1 aliphatic rings. The topological polar surface area (TPSA) is 67.4 Å². The standard InChI is InChI=1S/C22H25FN2O3/c1-15(16-9-11-19(12-10-16)25-22(27)17-7-8-17)24-21(26)6-3-13-28-20-5-2-4-18(23)14-20/h2,4-5,9-12,14-15,17H,3,6-8,13H2,1H3,(H,24,26)(H,25,27). The summed E-state index contributed by atoms with van der Waals surface area (Å²) in [6, 6.07) is 13.3. The van der Waals surface area contributed by atoms with Crippen molar-refractivity contribution in [2.75, 3.05) is 11.9 Å². The van der Waals surface area contributed by atoms with Gasteiger partial charge in [0.15, 0.2) is 0 Å². The third kappa shape index (κ3) is 6.08. The molecule has 0 radical (unpaired) electrons. The van der Waals surface area contributed by atoms with E-state index >= 15 is 0 Å². The molecule has 0 bridgehead atoms. The molecule has 1 atom stereocenters. The molecule has 28 heavy (non-hydrogen) atoms. The van der Waals surface area contributed by atoms with E-state index in [0.717, 1.165) is 24.1 Å². The van der Waals surface area contributed by atoms with Crippen molar-refractivity contribution >= 4 is 17.5 Å². The van der Waals surface area contributed by atoms with Crippen LogP contribution in [0.1, 0.15) is 44.2 Å². The second-order valence-electron chi connectivity index (χ2n) is 7.08. The van der Waals surface area contributed by atoms with Crippen LogP contribution >= 0.6 is 0 Å². The Hall–Kier alpha value is -2.89. The molecule has 0 saturated heterocycles. The number of benzene rings is 2. The predicted molar refractivity (Wildman–Crippen MR) is 105 cm³/mol. The Morgan fingerprint density at radius 2 is 1.93 bits per heavy atom. The van der Waals surface area contributed by atoms with E-state index in [0.29, 0.717) is 25.2 Å². The van der Waals surface area contributed by atoms with Crippen LogP contribution < -0.4 is 15.4 Å². The summed E-state index contributed by atoms with van der Waals surface area (Å²) in [4.78, 5) is 23.9. The molecule has 5 nitrogen and oxygen atoms in total. The van der Waals surface area contributed by atoms with Crippen molar-refractivity contribution in [3.8, 4) is 5.75 Å². The monoisotopic (exact) mass is 384 g/mol. The maximum atomic E-state index is 13.1. The van der Waals surface area contributed by atoms with Gasteiger partial charge in [0.2, 0.25) is 11.8 Å². The van der Waals surface area contributed by atoms with Gasteiger partial charge in [-0.1, -0.05) is 18.2 Å². The highest BCUT2D eigenvalue weighted by molar-refractivity contribution is 5.94. The molecular weight excluding hydrogens is 359 g/mol. The van der Waals surface area contributed by atoms with Crippen molar-refractivity contribution < 1.29 is 18.7 Å². The van der Waals surface area contributed by atoms with Crippen LogP contribution in [0, 0.1) is 11.7 Å². The SMILES string of the molecule is CC(NC(=O)CCCOc1cccc(F)c1)c1ccc(NC(=O)C2CC2)cc1. The molecule has 1 fully saturated rings. The van der Waals surface area contributed by atoms with Crippen LogP contribution in [0.25, 0.3) is 0 Å². The van der Waals surface area contributed by atoms with Crippen LogP contribution in [0.15, 0.2) is 48.5 Å². The molecule has 0 aromatic heterocycles. The fraction of sp³-hybridized carbons (Fsp3) is 0.364. The molecule has 2 N–H and O–H groups in total. The molecular formula is C22H25FN2O3. The van der Waals surface area contributed by atoms with Crippen LogP contribution in [0.3, 0.4) is 0 Å². The fourth-order valence-corrected chi connectivity index (χ4v) is 2.82. The lowest BCUT2D eigenvalue weighted by molar-refractivity contribution is -0.122. The third-order valence-electron chi connectivity index (χ3n) is 4.62. The minimum atomic E-state index is -0.345. The summed E-state index contributed by atoms with van der Waals surface area (Å²) in [5.41, 5.74) is 1.74. The van der Waals surface area contributed by atoms with Gasteiger partial charge in [-0.3, -0.25) is 9.59 Å². The molecule has 148 valence electrons. The average molecular weight is 384 g/mol. The lowest BCUT2D eigenvalue weighted by atomic mass is 10.1. The van der Waals surface area contributed by atoms with Crippen molar-refractivity contribution in [2.24, 2.45) is 5.92 Å². The van der Waals surface area contributed by atoms with E-state index in [4.69, 9.17) is 4.74 Å². The molecule has 2 aromatic carbocycles. The van der Waals surface area contributed by atoms with Crippen molar-refractivity contribution in [1.29, 1.82) is 0 Å². The quantitative estimate of drug-likeness (QED) is 0.637. The van der Waals surface area contributed by atoms with Gasteiger partial charge in [0.05, 0.1) is 12.6 Å². The number of halogens is 1. The number of hydrogen-bond acceptors (Lipinski definition) is 3. The van der Waals surface area contributed by atoms with E-state index in [9.17, 15) is 14.0 Å². The second-order valence-corrected chi connectivity index (χ2v) is 7.08. The van der Waals surface area contributed by atoms with Crippen LogP contribution in [0.4, 0.5) is 10.1 Å². The number of rotatable bonds is 9. The van der Waals surface area contributed by atoms with Gasteiger partial charge in [0.1, 0.15) is 11.6 Å². The summed E-state index contributed by atoms with van der Waals surface area (Å²) >= 11 is 0. The summed E-state index contributed by atoms with van der Waals surface area (Å²) in [7, 11) is 0. The lowest BCUT2D eigenvalue weighted by Crippen LogP contribution is -2.26. The van der Waals surface area contributed by atoms with Gasteiger partial charge in [-0.15, -0.1) is 0 Å². The maximum absolute atomic E-state index is 13.1. The van der Waals surface area contributed by atoms with Crippen molar-refractivity contribution in [3.05, 3.63) is 59.9 Å². The summed E-state index contributed by atoms with van der Waals surface area (Å²) in [6.07, 6.45) is 2.82. The molecule has 0 aliphatic heterocycles. The first kappa shape index (κ1) is 19.9. The lowest BCUT2D eigenvalue weighted by Gasteiger charge is -2.15. The van der Waals surface area contributed by atoms with E-state index in [-0.39, 0.29) is 29.6 Å². The minimum Gasteiger partial charge on any atom is -0.493 e. The molecule has 3 rings (SSSR count). The van der Waals surface area contributed by atoms with Crippen LogP contribution in [0.5, 0.6) is 5.75 Å². The van der Waals surface area contributed by atoms with Gasteiger partial charge in [-0.05, 0) is 56.0 Å². The Kier molecular flexibility index (Phi) is 6.63. The summed E-state index contributed by atoms with van der Waals surface area (Å²) in [6.45, 7) is 2.26. The van der Waals surface area contributed by atoms with E-state index in [1.165, 1.54) is 12.1 Å². The van der Waals surface area contributed by atoms with Gasteiger partial charge < -0.3 is 15.4 Å². The summed E-state index contributed by atoms with van der Waals surface area (Å²) < 4.78 is 18.5. The average Bonchev–Trinajstić information content (AvgIpc) is 3.51. The Bertz CT molecular complexity index is 819. The zero-order chi connectivity index (χ0) is 19.9. The first-order chi connectivity index (χ1) is 13.5. The highest BCUT2D eigenvalue weighted by atomic mass is 19.1. The smallest absolute Gasteiger partial charge is 0.227 e. The highest BCUT2D eigenvalue weighted by Gasteiger charge is 2.29. The number of nitrogens with one attached hydrogen (secondary N) is 2. The predicted octanol–water partition coefficient (Wildman–Crippen LogP) is 4.21. The molecule has 2 amide bonds. The summed E-state index contributed by atoms with van der Waals surface area (Å²) in [5.74, 6) is 0.295. The number of carbonyl (C=O) groups is 2. The second kappa shape index (κ2) is 9.35. The highest BCUT2D eigenvalue weighted by Crippen LogP contribution is 2.30. The van der Waals surface area contributed by atoms with Gasteiger partial charge >= 0.3 is 0 Å². The van der Waals surface area contributed by atoms with Gasteiger partial charge in [-0.2, -0.15) is 0 Å². The number of carbonyl (C=O) groups excluding carboxylic acids is 2. The van der Waals surface area contributed by atoms with E-state index in [1.807, 2.05) is 31.2 Å². The molecule has 1 unspecified atom stereocenters. The molecule has 0 heterocycles. The van der Waals surface area contributed by atoms with Gasteiger partial charge in [0.25, 0.3) is 0 Å². The Morgan fingerprint density at radius 3 is 2.61 bits per heavy atom. The maximum Gasteiger partial charge on any atom is 0.227 e. The van der Waals surface area contributed by atoms with Crippen LogP contribution in [-0.4, -0.2) is 18.4 Å². The zero-order valence-electron chi connectivity index (χ0n) is 15.9. The van der Waals surface area contributed by atoms with Gasteiger partial charge in [0, 0.05) is 24.1 Å². The van der Waals surface area contributed by atoms with Crippen molar-refractivity contribution in [2.45, 2.75) is 38.6 Å². The first-order valence-electron chi connectivity index (χ1n) is 9.60. The van der Waals surface area contributed by atoms with Crippen molar-refractivity contribution in [3.63, 3.8) is 0 Å². The number of anilines is 1. The Labute approximate surface area is 164 Å². The van der Waals surface area contributed by atoms with E-state index in [1.54, 1.807) is 12.1 Å². The molecule has 1 saturated carbocycles. The number of ether oxygens (including phenoxy) is 1. The largest absolute Gasteiger partial charge is 0.493 e. The molecule has 2 aromatic rings. The number of hydrogen-bond donors (Lipinski definition) is 2. The van der Waals surface area contributed by atoms with E-state index < -0.39 is 0 Å². The minimum absolute atomic E-state index is 0.0681. The molecule has 0 spiro atoms. The fourth-order valence-electron chi connectivity index (χ4n) is 2.82. The third-order valence-corrected chi connectivity index (χ3v) is 4.62. The molecule has 6 heteroatoms. The Morgan fingerprint density at radius 1 is 1.18 bits per heavy atom. The zero-order valence-corrected chi connectivity index (χ0v) is 15.9. The van der Waals surface area contributed by atoms with Crippen LogP contribution in [-0.2, 0) is 9.59 Å². The number of amides is 2. The van der Waals surface area contributed by atoms with Crippen LogP contribution in [0.2, 0.25) is 0 Å². The first-order valence-corrected chi connectivity index (χ1v) is 9.60. The molecule has 1 aliphatic carbocycles. The normalized spacial score (nSPS) is 14.2. The van der Waals surface area contributed by atoms with Gasteiger partial charge in [-0.25, -0.2) is 4.39 Å². The summed E-state index contributed by atoms with van der Waals surface area (Å²) in [5, 5.41) is 5.85. The van der Waals surface area contributed by atoms with Crippen molar-refractivity contribution in [1.82, 2.24) is 5.32 Å². The Balaban J connectivity index is 1.37.